The molecule has 29 heavy (non-hydrogen) atoms. The van der Waals surface area contributed by atoms with Gasteiger partial charge in [0.2, 0.25) is 0 Å². The monoisotopic (exact) mass is 413 g/mol. The Bertz CT molecular complexity index is 1160. The van der Waals surface area contributed by atoms with E-state index < -0.39 is 11.7 Å². The quantitative estimate of drug-likeness (QED) is 0.494. The van der Waals surface area contributed by atoms with E-state index in [0.717, 1.165) is 28.5 Å². The summed E-state index contributed by atoms with van der Waals surface area (Å²) in [6, 6.07) is 15.9. The lowest BCUT2D eigenvalue weighted by Gasteiger charge is -2.11. The van der Waals surface area contributed by atoms with E-state index in [1.807, 2.05) is 24.3 Å². The lowest BCUT2D eigenvalue weighted by Crippen LogP contribution is -2.22. The molecular formula is C21H14F3N3OS. The molecule has 0 saturated carbocycles. The third-order valence-electron chi connectivity index (χ3n) is 4.47. The van der Waals surface area contributed by atoms with Crippen LogP contribution < -0.4 is 5.32 Å². The van der Waals surface area contributed by atoms with E-state index in [4.69, 9.17) is 0 Å². The molecule has 0 saturated heterocycles. The third-order valence-corrected chi connectivity index (χ3v) is 5.13. The molecule has 146 valence electrons. The number of fused-ring (bicyclic) bond motifs is 1. The van der Waals surface area contributed by atoms with Crippen LogP contribution in [0, 0.1) is 0 Å². The van der Waals surface area contributed by atoms with Gasteiger partial charge in [0.25, 0.3) is 5.91 Å². The van der Waals surface area contributed by atoms with Gasteiger partial charge in [-0.2, -0.15) is 17.5 Å². The second-order valence-electron chi connectivity index (χ2n) is 6.33. The van der Waals surface area contributed by atoms with Crippen LogP contribution in [0.1, 0.15) is 20.9 Å². The van der Waals surface area contributed by atoms with Crippen molar-refractivity contribution < 1.29 is 18.0 Å². The number of aromatic nitrogens is 2. The molecular weight excluding hydrogens is 399 g/mol. The number of carbonyl (C=O) groups excluding carboxylic acids is 1. The summed E-state index contributed by atoms with van der Waals surface area (Å²) in [5.74, 6) is -0.234. The topological polar surface area (TPSA) is 54.9 Å². The van der Waals surface area contributed by atoms with Crippen molar-refractivity contribution in [3.8, 4) is 11.1 Å². The largest absolute Gasteiger partial charge is 0.416 e. The fourth-order valence-corrected chi connectivity index (χ4v) is 3.49. The molecule has 0 atom stereocenters. The van der Waals surface area contributed by atoms with Crippen molar-refractivity contribution in [2.45, 2.75) is 12.7 Å². The average molecular weight is 413 g/mol. The molecule has 0 aliphatic carbocycles. The summed E-state index contributed by atoms with van der Waals surface area (Å²) in [4.78, 5) is 16.4. The van der Waals surface area contributed by atoms with E-state index >= 15 is 0 Å². The number of nitrogens with one attached hydrogen (secondary N) is 1. The van der Waals surface area contributed by atoms with Gasteiger partial charge in [0.05, 0.1) is 12.1 Å². The SMILES string of the molecule is O=C(NCc1ncns1)c1ccc2c(-c3ccc(C(F)(F)F)cc3)cccc2c1. The van der Waals surface area contributed by atoms with Gasteiger partial charge in [-0.25, -0.2) is 4.98 Å². The first-order valence-electron chi connectivity index (χ1n) is 8.66. The van der Waals surface area contributed by atoms with Crippen LogP contribution in [0.25, 0.3) is 21.9 Å². The third kappa shape index (κ3) is 4.12. The zero-order valence-corrected chi connectivity index (χ0v) is 15.7. The lowest BCUT2D eigenvalue weighted by molar-refractivity contribution is -0.137. The van der Waals surface area contributed by atoms with E-state index in [9.17, 15) is 18.0 Å². The highest BCUT2D eigenvalue weighted by atomic mass is 32.1. The molecule has 4 aromatic rings. The van der Waals surface area contributed by atoms with Crippen LogP contribution >= 0.6 is 11.5 Å². The Morgan fingerprint density at radius 2 is 1.83 bits per heavy atom. The number of benzene rings is 3. The molecule has 0 aliphatic rings. The molecule has 1 heterocycles. The van der Waals surface area contributed by atoms with Crippen molar-refractivity contribution in [2.24, 2.45) is 0 Å². The molecule has 1 amide bonds. The molecule has 0 spiro atoms. The van der Waals surface area contributed by atoms with Crippen molar-refractivity contribution in [3.05, 3.63) is 83.1 Å². The number of amides is 1. The van der Waals surface area contributed by atoms with Gasteiger partial charge in [-0.15, -0.1) is 0 Å². The minimum absolute atomic E-state index is 0.234. The maximum Gasteiger partial charge on any atom is 0.416 e. The fraction of sp³-hybridized carbons (Fsp3) is 0.0952. The summed E-state index contributed by atoms with van der Waals surface area (Å²) in [6.45, 7) is 0.299. The molecule has 1 N–H and O–H groups in total. The first kappa shape index (κ1) is 19.1. The van der Waals surface area contributed by atoms with Crippen molar-refractivity contribution >= 4 is 28.2 Å². The molecule has 3 aromatic carbocycles. The van der Waals surface area contributed by atoms with E-state index in [0.29, 0.717) is 22.7 Å². The van der Waals surface area contributed by atoms with Gasteiger partial charge >= 0.3 is 6.18 Å². The fourth-order valence-electron chi connectivity index (χ4n) is 3.05. The highest BCUT2D eigenvalue weighted by Crippen LogP contribution is 2.33. The zero-order valence-electron chi connectivity index (χ0n) is 14.9. The first-order chi connectivity index (χ1) is 13.9. The van der Waals surface area contributed by atoms with Crippen LogP contribution in [0.15, 0.2) is 67.0 Å². The number of hydrogen-bond donors (Lipinski definition) is 1. The molecule has 4 nitrogen and oxygen atoms in total. The van der Waals surface area contributed by atoms with Gasteiger partial charge in [0.15, 0.2) is 0 Å². The van der Waals surface area contributed by atoms with E-state index in [-0.39, 0.29) is 5.91 Å². The molecule has 1 aromatic heterocycles. The number of carbonyl (C=O) groups is 1. The number of hydrogen-bond acceptors (Lipinski definition) is 4. The summed E-state index contributed by atoms with van der Waals surface area (Å²) >= 11 is 1.22. The lowest BCUT2D eigenvalue weighted by atomic mass is 9.96. The standard InChI is InChI=1S/C21H14F3N3OS/c22-21(23,24)16-7-4-13(5-8-16)17-3-1-2-14-10-15(6-9-18(14)17)20(28)25-11-19-26-12-27-29-19/h1-10,12H,11H2,(H,25,28). The Morgan fingerprint density at radius 1 is 1.03 bits per heavy atom. The Balaban J connectivity index is 1.61. The molecule has 0 unspecified atom stereocenters. The maximum atomic E-state index is 12.8. The molecule has 4 rings (SSSR count). The highest BCUT2D eigenvalue weighted by Gasteiger charge is 2.30. The minimum atomic E-state index is -4.37. The van der Waals surface area contributed by atoms with Crippen LogP contribution in [-0.4, -0.2) is 15.3 Å². The molecule has 0 bridgehead atoms. The average Bonchev–Trinajstić information content (AvgIpc) is 3.24. The molecule has 0 fully saturated rings. The van der Waals surface area contributed by atoms with Crippen molar-refractivity contribution in [1.29, 1.82) is 0 Å². The summed E-state index contributed by atoms with van der Waals surface area (Å²) < 4.78 is 42.3. The van der Waals surface area contributed by atoms with Crippen molar-refractivity contribution in [1.82, 2.24) is 14.7 Å². The normalized spacial score (nSPS) is 11.6. The van der Waals surface area contributed by atoms with Gasteiger partial charge in [0, 0.05) is 5.56 Å². The Hall–Kier alpha value is -3.26. The van der Waals surface area contributed by atoms with Gasteiger partial charge in [-0.3, -0.25) is 4.79 Å². The van der Waals surface area contributed by atoms with Crippen LogP contribution in [-0.2, 0) is 12.7 Å². The summed E-state index contributed by atoms with van der Waals surface area (Å²) in [6.07, 6.45) is -2.93. The number of halogens is 3. The Labute approximate surface area is 168 Å². The summed E-state index contributed by atoms with van der Waals surface area (Å²) in [5.41, 5.74) is 1.29. The molecule has 0 aliphatic heterocycles. The molecule has 8 heteroatoms. The van der Waals surface area contributed by atoms with Crippen LogP contribution in [0.4, 0.5) is 13.2 Å². The van der Waals surface area contributed by atoms with E-state index in [2.05, 4.69) is 14.7 Å². The smallest absolute Gasteiger partial charge is 0.345 e. The van der Waals surface area contributed by atoms with Gasteiger partial charge in [-0.1, -0.05) is 36.4 Å². The predicted molar refractivity (Wildman–Crippen MR) is 105 cm³/mol. The van der Waals surface area contributed by atoms with E-state index in [1.54, 1.807) is 12.1 Å². The maximum absolute atomic E-state index is 12.8. The second kappa shape index (κ2) is 7.63. The number of nitrogens with zero attached hydrogens (tertiary/aromatic N) is 2. The van der Waals surface area contributed by atoms with Crippen molar-refractivity contribution in [3.63, 3.8) is 0 Å². The molecule has 0 radical (unpaired) electrons. The van der Waals surface area contributed by atoms with Crippen molar-refractivity contribution in [2.75, 3.05) is 0 Å². The minimum Gasteiger partial charge on any atom is -0.345 e. The van der Waals surface area contributed by atoms with Crippen LogP contribution in [0.2, 0.25) is 0 Å². The van der Waals surface area contributed by atoms with Crippen LogP contribution in [0.5, 0.6) is 0 Å². The number of alkyl halides is 3. The second-order valence-corrected chi connectivity index (χ2v) is 7.20. The van der Waals surface area contributed by atoms with Gasteiger partial charge in [0.1, 0.15) is 11.3 Å². The zero-order chi connectivity index (χ0) is 20.4. The Morgan fingerprint density at radius 3 is 2.52 bits per heavy atom. The van der Waals surface area contributed by atoms with Gasteiger partial charge < -0.3 is 5.32 Å². The van der Waals surface area contributed by atoms with Gasteiger partial charge in [-0.05, 0) is 57.7 Å². The van der Waals surface area contributed by atoms with E-state index in [1.165, 1.54) is 30.0 Å². The van der Waals surface area contributed by atoms with Crippen LogP contribution in [0.3, 0.4) is 0 Å². The first-order valence-corrected chi connectivity index (χ1v) is 9.43. The Kier molecular flexibility index (Phi) is 5.02. The highest BCUT2D eigenvalue weighted by molar-refractivity contribution is 7.05. The summed E-state index contributed by atoms with van der Waals surface area (Å²) in [7, 11) is 0. The summed E-state index contributed by atoms with van der Waals surface area (Å²) in [5, 5.41) is 5.19. The number of rotatable bonds is 4. The predicted octanol–water partition coefficient (Wildman–Crippen LogP) is 5.31.